The molecule has 0 atom stereocenters. The Hall–Kier alpha value is -2.05. The van der Waals surface area contributed by atoms with Crippen molar-refractivity contribution in [3.63, 3.8) is 0 Å². The molecule has 3 aromatic rings. The topological polar surface area (TPSA) is 93.9 Å². The maximum atomic E-state index is 13.6. The monoisotopic (exact) mass is 615 g/mol. The summed E-state index contributed by atoms with van der Waals surface area (Å²) >= 11 is 8.05. The fraction of sp³-hybridized carbons (Fsp3) is 0.250. The summed E-state index contributed by atoms with van der Waals surface area (Å²) in [4.78, 5) is 0.215. The van der Waals surface area contributed by atoms with Crippen molar-refractivity contribution in [3.05, 3.63) is 81.4 Å². The average molecular weight is 616 g/mol. The van der Waals surface area contributed by atoms with Crippen molar-refractivity contribution < 1.29 is 17.9 Å². The molecule has 0 fully saturated rings. The van der Waals surface area contributed by atoms with Crippen LogP contribution in [0, 0.1) is 3.57 Å². The Morgan fingerprint density at radius 3 is 2.35 bits per heavy atom. The molecule has 10 heteroatoms. The van der Waals surface area contributed by atoms with Gasteiger partial charge in [0.15, 0.2) is 0 Å². The van der Waals surface area contributed by atoms with Gasteiger partial charge in [-0.3, -0.25) is 4.31 Å². The highest BCUT2D eigenvalue weighted by molar-refractivity contribution is 14.1. The number of nitrogens with two attached hydrogens (primary N) is 1. The van der Waals surface area contributed by atoms with Crippen molar-refractivity contribution in [3.8, 4) is 5.75 Å². The molecule has 0 unspecified atom stereocenters. The average Bonchev–Trinajstić information content (AvgIpc) is 2.83. The van der Waals surface area contributed by atoms with Crippen molar-refractivity contribution in [1.82, 2.24) is 0 Å². The SMILES string of the molecule is NCCOCCN(c1ccccc1NCCOc1ccc(Cl)cc1)S(=O)(=O)c1ccc(I)cc1. The normalized spacial score (nSPS) is 11.3. The molecule has 0 spiro atoms. The number of rotatable bonds is 13. The minimum atomic E-state index is -3.82. The fourth-order valence-corrected chi connectivity index (χ4v) is 5.12. The molecule has 0 radical (unpaired) electrons. The first kappa shape index (κ1) is 26.6. The maximum absolute atomic E-state index is 13.6. The summed E-state index contributed by atoms with van der Waals surface area (Å²) < 4.78 is 40.7. The zero-order chi connectivity index (χ0) is 24.4. The maximum Gasteiger partial charge on any atom is 0.264 e. The molecule has 0 amide bonds. The number of benzene rings is 3. The van der Waals surface area contributed by atoms with E-state index in [0.717, 1.165) is 3.57 Å². The van der Waals surface area contributed by atoms with Crippen LogP contribution in [0.1, 0.15) is 0 Å². The van der Waals surface area contributed by atoms with Crippen molar-refractivity contribution >= 4 is 55.6 Å². The molecule has 3 N–H and O–H groups in total. The minimum absolute atomic E-state index is 0.147. The molecule has 0 aliphatic carbocycles. The molecule has 0 aliphatic heterocycles. The third-order valence-electron chi connectivity index (χ3n) is 4.78. The Bertz CT molecular complexity index is 1150. The lowest BCUT2D eigenvalue weighted by Gasteiger charge is -2.27. The van der Waals surface area contributed by atoms with E-state index in [9.17, 15) is 8.42 Å². The Morgan fingerprint density at radius 1 is 0.941 bits per heavy atom. The fourth-order valence-electron chi connectivity index (χ4n) is 3.16. The largest absolute Gasteiger partial charge is 0.492 e. The summed E-state index contributed by atoms with van der Waals surface area (Å²) in [6.07, 6.45) is 0. The Morgan fingerprint density at radius 2 is 1.65 bits per heavy atom. The smallest absolute Gasteiger partial charge is 0.264 e. The van der Waals surface area contributed by atoms with Crippen LogP contribution in [0.25, 0.3) is 0 Å². The van der Waals surface area contributed by atoms with E-state index in [4.69, 9.17) is 26.8 Å². The molecule has 182 valence electrons. The van der Waals surface area contributed by atoms with Crippen LogP contribution in [0.3, 0.4) is 0 Å². The van der Waals surface area contributed by atoms with Gasteiger partial charge in [-0.1, -0.05) is 23.7 Å². The molecular weight excluding hydrogens is 589 g/mol. The second-order valence-electron chi connectivity index (χ2n) is 7.18. The van der Waals surface area contributed by atoms with Gasteiger partial charge in [-0.05, 0) is 83.3 Å². The molecule has 0 aliphatic rings. The number of nitrogens with zero attached hydrogens (tertiary/aromatic N) is 1. The second-order valence-corrected chi connectivity index (χ2v) is 10.7. The van der Waals surface area contributed by atoms with E-state index in [1.54, 1.807) is 54.6 Å². The first-order valence-corrected chi connectivity index (χ1v) is 13.6. The van der Waals surface area contributed by atoms with Crippen LogP contribution in [0.2, 0.25) is 5.02 Å². The van der Waals surface area contributed by atoms with Gasteiger partial charge < -0.3 is 20.5 Å². The first-order valence-electron chi connectivity index (χ1n) is 10.7. The van der Waals surface area contributed by atoms with Gasteiger partial charge in [0.05, 0.1) is 36.0 Å². The lowest BCUT2D eigenvalue weighted by Crippen LogP contribution is -2.35. The van der Waals surface area contributed by atoms with Crippen LogP contribution in [0.15, 0.2) is 77.7 Å². The number of halogens is 2. The number of hydrogen-bond acceptors (Lipinski definition) is 6. The van der Waals surface area contributed by atoms with Gasteiger partial charge in [0, 0.05) is 21.7 Å². The van der Waals surface area contributed by atoms with Crippen LogP contribution in [-0.4, -0.2) is 47.9 Å². The summed E-state index contributed by atoms with van der Waals surface area (Å²) in [7, 11) is -3.82. The minimum Gasteiger partial charge on any atom is -0.492 e. The predicted octanol–water partition coefficient (Wildman–Crippen LogP) is 4.61. The highest BCUT2D eigenvalue weighted by Crippen LogP contribution is 2.31. The summed E-state index contributed by atoms with van der Waals surface area (Å²) in [6, 6.07) is 21.2. The molecule has 0 aromatic heterocycles. The van der Waals surface area contributed by atoms with Crippen LogP contribution in [0.4, 0.5) is 11.4 Å². The van der Waals surface area contributed by atoms with E-state index >= 15 is 0 Å². The van der Waals surface area contributed by atoms with E-state index in [1.165, 1.54) is 4.31 Å². The van der Waals surface area contributed by atoms with Gasteiger partial charge in [-0.15, -0.1) is 0 Å². The van der Waals surface area contributed by atoms with Crippen molar-refractivity contribution in [1.29, 1.82) is 0 Å². The van der Waals surface area contributed by atoms with E-state index < -0.39 is 10.0 Å². The van der Waals surface area contributed by atoms with Crippen molar-refractivity contribution in [2.24, 2.45) is 5.73 Å². The van der Waals surface area contributed by atoms with Gasteiger partial charge in [0.25, 0.3) is 10.0 Å². The number of nitrogens with one attached hydrogen (secondary N) is 1. The van der Waals surface area contributed by atoms with E-state index in [2.05, 4.69) is 27.9 Å². The third-order valence-corrected chi connectivity index (χ3v) is 7.57. The Kier molecular flexibility index (Phi) is 10.3. The first-order chi connectivity index (χ1) is 16.4. The summed E-state index contributed by atoms with van der Waals surface area (Å²) in [6.45, 7) is 1.96. The third kappa shape index (κ3) is 7.47. The van der Waals surface area contributed by atoms with Crippen LogP contribution in [0.5, 0.6) is 5.75 Å². The predicted molar refractivity (Wildman–Crippen MR) is 145 cm³/mol. The lowest BCUT2D eigenvalue weighted by atomic mass is 10.2. The molecule has 7 nitrogen and oxygen atoms in total. The van der Waals surface area contributed by atoms with Gasteiger partial charge in [-0.2, -0.15) is 0 Å². The summed E-state index contributed by atoms with van der Waals surface area (Å²) in [5.74, 6) is 0.708. The molecule has 0 saturated carbocycles. The molecule has 3 rings (SSSR count). The Labute approximate surface area is 219 Å². The van der Waals surface area contributed by atoms with E-state index in [1.807, 2.05) is 18.2 Å². The summed E-state index contributed by atoms with van der Waals surface area (Å²) in [5, 5.41) is 3.93. The standard InChI is InChI=1S/C24H27ClIN3O4S/c25-19-5-9-21(10-6-19)33-17-14-28-23-3-1-2-4-24(23)29(15-18-32-16-13-27)34(30,31)22-11-7-20(26)8-12-22/h1-12,28H,13-18,27H2. The molecule has 0 saturated heterocycles. The second kappa shape index (κ2) is 13.1. The van der Waals surface area contributed by atoms with Crippen LogP contribution < -0.4 is 20.1 Å². The van der Waals surface area contributed by atoms with E-state index in [0.29, 0.717) is 48.5 Å². The van der Waals surface area contributed by atoms with E-state index in [-0.39, 0.29) is 18.0 Å². The van der Waals surface area contributed by atoms with Gasteiger partial charge >= 0.3 is 0 Å². The van der Waals surface area contributed by atoms with Crippen molar-refractivity contribution in [2.45, 2.75) is 4.90 Å². The lowest BCUT2D eigenvalue weighted by molar-refractivity contribution is 0.150. The molecule has 34 heavy (non-hydrogen) atoms. The molecule has 0 bridgehead atoms. The van der Waals surface area contributed by atoms with Crippen LogP contribution >= 0.6 is 34.2 Å². The number of sulfonamides is 1. The quantitative estimate of drug-likeness (QED) is 0.216. The number of ether oxygens (including phenoxy) is 2. The Balaban J connectivity index is 1.78. The van der Waals surface area contributed by atoms with Crippen molar-refractivity contribution in [2.75, 3.05) is 49.1 Å². The van der Waals surface area contributed by atoms with Gasteiger partial charge in [0.2, 0.25) is 0 Å². The number of anilines is 2. The highest BCUT2D eigenvalue weighted by Gasteiger charge is 2.26. The van der Waals surface area contributed by atoms with Gasteiger partial charge in [0.1, 0.15) is 12.4 Å². The highest BCUT2D eigenvalue weighted by atomic mass is 127. The van der Waals surface area contributed by atoms with Crippen LogP contribution in [-0.2, 0) is 14.8 Å². The molecule has 0 heterocycles. The van der Waals surface area contributed by atoms with Gasteiger partial charge in [-0.25, -0.2) is 8.42 Å². The zero-order valence-corrected chi connectivity index (χ0v) is 22.2. The molecular formula is C24H27ClIN3O4S. The zero-order valence-electron chi connectivity index (χ0n) is 18.5. The number of para-hydroxylation sites is 2. The molecule has 3 aromatic carbocycles. The summed E-state index contributed by atoms with van der Waals surface area (Å²) in [5.41, 5.74) is 6.71. The number of hydrogen-bond donors (Lipinski definition) is 2.